The van der Waals surface area contributed by atoms with Gasteiger partial charge >= 0.3 is 0 Å². The van der Waals surface area contributed by atoms with Gasteiger partial charge < -0.3 is 16.4 Å². The maximum atomic E-state index is 10.7. The smallest absolute Gasteiger partial charge is 0.237 e. The number of amides is 1. The molecule has 4 N–H and O–H groups in total. The van der Waals surface area contributed by atoms with Gasteiger partial charge in [-0.15, -0.1) is 0 Å². The summed E-state index contributed by atoms with van der Waals surface area (Å²) >= 11 is 0. The number of rotatable bonds is 3. The molecular weight excluding hydrogens is 118 g/mol. The topological polar surface area (TPSA) is 67.2 Å². The van der Waals surface area contributed by atoms with Crippen LogP contribution < -0.4 is 16.4 Å². The zero-order chi connectivity index (χ0) is 7.28. The van der Waals surface area contributed by atoms with Crippen LogP contribution in [0.15, 0.2) is 0 Å². The number of nitrogens with two attached hydrogens (primary N) is 1. The second-order valence-corrected chi connectivity index (χ2v) is 1.76. The molecule has 0 saturated carbocycles. The van der Waals surface area contributed by atoms with Gasteiger partial charge in [-0.05, 0) is 14.0 Å². The molecule has 0 rings (SSSR count). The van der Waals surface area contributed by atoms with Crippen molar-refractivity contribution in [2.45, 2.75) is 13.0 Å². The average molecular weight is 131 g/mol. The fraction of sp³-hybridized carbons (Fsp3) is 0.800. The summed E-state index contributed by atoms with van der Waals surface area (Å²) in [6.07, 6.45) is 0. The summed E-state index contributed by atoms with van der Waals surface area (Å²) in [6, 6.07) is -0.159. The Morgan fingerprint density at radius 1 is 1.78 bits per heavy atom. The average Bonchev–Trinajstić information content (AvgIpc) is 1.87. The largest absolute Gasteiger partial charge is 0.342 e. The van der Waals surface area contributed by atoms with E-state index in [0.29, 0.717) is 0 Å². The van der Waals surface area contributed by atoms with E-state index >= 15 is 0 Å². The lowest BCUT2D eigenvalue weighted by molar-refractivity contribution is -0.122. The van der Waals surface area contributed by atoms with Gasteiger partial charge in [0.15, 0.2) is 0 Å². The van der Waals surface area contributed by atoms with E-state index in [1.165, 1.54) is 0 Å². The van der Waals surface area contributed by atoms with E-state index in [9.17, 15) is 4.79 Å². The van der Waals surface area contributed by atoms with Crippen LogP contribution >= 0.6 is 0 Å². The summed E-state index contributed by atoms with van der Waals surface area (Å²) in [5.41, 5.74) is 5.06. The van der Waals surface area contributed by atoms with Crippen LogP contribution in [0.1, 0.15) is 6.92 Å². The normalized spacial score (nSPS) is 12.8. The van der Waals surface area contributed by atoms with Crippen molar-refractivity contribution in [1.82, 2.24) is 10.6 Å². The molecule has 4 nitrogen and oxygen atoms in total. The summed E-state index contributed by atoms with van der Waals surface area (Å²) in [5.74, 6) is -0.0694. The first-order chi connectivity index (χ1) is 4.22. The highest BCUT2D eigenvalue weighted by atomic mass is 16.2. The zero-order valence-electron chi connectivity index (χ0n) is 5.77. The monoisotopic (exact) mass is 131 g/mol. The Morgan fingerprint density at radius 3 is 2.67 bits per heavy atom. The van der Waals surface area contributed by atoms with Gasteiger partial charge in [0.25, 0.3) is 0 Å². The lowest BCUT2D eigenvalue weighted by Crippen LogP contribution is -2.42. The van der Waals surface area contributed by atoms with Crippen molar-refractivity contribution in [2.24, 2.45) is 5.73 Å². The van der Waals surface area contributed by atoms with Gasteiger partial charge in [-0.3, -0.25) is 4.79 Å². The molecule has 1 atom stereocenters. The fourth-order valence-corrected chi connectivity index (χ4v) is 0.385. The van der Waals surface area contributed by atoms with E-state index in [2.05, 4.69) is 10.6 Å². The molecule has 9 heavy (non-hydrogen) atoms. The Hall–Kier alpha value is -0.610. The number of likely N-dealkylation sites (N-methyl/N-ethyl adjacent to an activating group) is 1. The van der Waals surface area contributed by atoms with Gasteiger partial charge in [0.05, 0.1) is 12.7 Å². The molecule has 0 bridgehead atoms. The Kier molecular flexibility index (Phi) is 4.00. The van der Waals surface area contributed by atoms with Gasteiger partial charge in [0, 0.05) is 0 Å². The van der Waals surface area contributed by atoms with Crippen molar-refractivity contribution in [1.29, 1.82) is 0 Å². The summed E-state index contributed by atoms with van der Waals surface area (Å²) < 4.78 is 0. The van der Waals surface area contributed by atoms with Crippen molar-refractivity contribution in [3.8, 4) is 0 Å². The molecule has 0 aromatic carbocycles. The molecule has 4 heteroatoms. The third-order valence-corrected chi connectivity index (χ3v) is 1.10. The van der Waals surface area contributed by atoms with E-state index < -0.39 is 0 Å². The highest BCUT2D eigenvalue weighted by Crippen LogP contribution is 1.75. The first kappa shape index (κ1) is 8.39. The van der Waals surface area contributed by atoms with Crippen molar-refractivity contribution in [3.63, 3.8) is 0 Å². The van der Waals surface area contributed by atoms with E-state index in [1.807, 2.05) is 0 Å². The van der Waals surface area contributed by atoms with Gasteiger partial charge in [-0.25, -0.2) is 0 Å². The molecule has 0 aromatic heterocycles. The van der Waals surface area contributed by atoms with E-state index in [0.717, 1.165) is 0 Å². The van der Waals surface area contributed by atoms with E-state index in [1.54, 1.807) is 14.0 Å². The number of nitrogens with one attached hydrogen (secondary N) is 2. The first-order valence-corrected chi connectivity index (χ1v) is 2.87. The highest BCUT2D eigenvalue weighted by molar-refractivity contribution is 5.81. The predicted octanol–water partition coefficient (Wildman–Crippen LogP) is -1.37. The third kappa shape index (κ3) is 3.05. The van der Waals surface area contributed by atoms with Crippen LogP contribution in [-0.4, -0.2) is 25.7 Å². The summed E-state index contributed by atoms with van der Waals surface area (Å²) in [4.78, 5) is 10.7. The van der Waals surface area contributed by atoms with Crippen LogP contribution in [0.5, 0.6) is 0 Å². The van der Waals surface area contributed by atoms with E-state index in [4.69, 9.17) is 5.73 Å². The Labute approximate surface area is 54.8 Å². The van der Waals surface area contributed by atoms with Crippen molar-refractivity contribution >= 4 is 5.91 Å². The van der Waals surface area contributed by atoms with Gasteiger partial charge in [0.1, 0.15) is 0 Å². The molecule has 1 amide bonds. The van der Waals surface area contributed by atoms with Crippen LogP contribution in [0.2, 0.25) is 0 Å². The molecule has 54 valence electrons. The van der Waals surface area contributed by atoms with Crippen LogP contribution in [0.4, 0.5) is 0 Å². The lowest BCUT2D eigenvalue weighted by atomic mass is 10.3. The molecule has 0 unspecified atom stereocenters. The van der Waals surface area contributed by atoms with Crippen LogP contribution in [-0.2, 0) is 4.79 Å². The fourth-order valence-electron chi connectivity index (χ4n) is 0.385. The quantitative estimate of drug-likeness (QED) is 0.414. The molecule has 0 aliphatic heterocycles. The van der Waals surface area contributed by atoms with Crippen molar-refractivity contribution in [3.05, 3.63) is 0 Å². The molecule has 0 radical (unpaired) electrons. The van der Waals surface area contributed by atoms with Crippen molar-refractivity contribution in [2.75, 3.05) is 13.7 Å². The number of carbonyl (C=O) groups excluding carboxylic acids is 1. The standard InChI is InChI=1S/C5H13N3O/c1-4(7-2)5(9)8-3-6/h4,7H,3,6H2,1-2H3,(H,8,9)/t4-/m0/s1. The summed E-state index contributed by atoms with van der Waals surface area (Å²) in [7, 11) is 1.72. The van der Waals surface area contributed by atoms with Crippen LogP contribution in [0.25, 0.3) is 0 Å². The van der Waals surface area contributed by atoms with Gasteiger partial charge in [-0.2, -0.15) is 0 Å². The predicted molar refractivity (Wildman–Crippen MR) is 35.7 cm³/mol. The minimum absolute atomic E-state index is 0.0694. The van der Waals surface area contributed by atoms with Gasteiger partial charge in [-0.1, -0.05) is 0 Å². The van der Waals surface area contributed by atoms with Crippen molar-refractivity contribution < 1.29 is 4.79 Å². The number of hydrogen-bond acceptors (Lipinski definition) is 3. The number of carbonyl (C=O) groups is 1. The second kappa shape index (κ2) is 4.29. The Morgan fingerprint density at radius 2 is 2.33 bits per heavy atom. The number of hydrogen-bond donors (Lipinski definition) is 3. The molecule has 0 aliphatic rings. The molecule has 0 saturated heterocycles. The van der Waals surface area contributed by atoms with E-state index in [-0.39, 0.29) is 18.6 Å². The van der Waals surface area contributed by atoms with Crippen LogP contribution in [0.3, 0.4) is 0 Å². The summed E-state index contributed by atoms with van der Waals surface area (Å²) in [6.45, 7) is 1.97. The first-order valence-electron chi connectivity index (χ1n) is 2.87. The lowest BCUT2D eigenvalue weighted by Gasteiger charge is -2.08. The molecule has 0 aliphatic carbocycles. The molecule has 0 heterocycles. The molecule has 0 fully saturated rings. The molecule has 0 aromatic rings. The maximum Gasteiger partial charge on any atom is 0.237 e. The highest BCUT2D eigenvalue weighted by Gasteiger charge is 2.06. The summed E-state index contributed by atoms with van der Waals surface area (Å²) in [5, 5.41) is 5.25. The minimum Gasteiger partial charge on any atom is -0.342 e. The molecular formula is C5H13N3O. The third-order valence-electron chi connectivity index (χ3n) is 1.10. The second-order valence-electron chi connectivity index (χ2n) is 1.76. The van der Waals surface area contributed by atoms with Gasteiger partial charge in [0.2, 0.25) is 5.91 Å². The SMILES string of the molecule is CN[C@@H](C)C(=O)NCN. The zero-order valence-corrected chi connectivity index (χ0v) is 5.77. The molecule has 0 spiro atoms. The maximum absolute atomic E-state index is 10.7. The Bertz CT molecular complexity index is 94.2. The minimum atomic E-state index is -0.159. The Balaban J connectivity index is 3.46. The van der Waals surface area contributed by atoms with Crippen LogP contribution in [0, 0.1) is 0 Å².